The summed E-state index contributed by atoms with van der Waals surface area (Å²) in [6.45, 7) is 7.80. The van der Waals surface area contributed by atoms with Crippen molar-refractivity contribution in [2.24, 2.45) is 0 Å². The van der Waals surface area contributed by atoms with Crippen LogP contribution in [0.4, 0.5) is 0 Å². The Kier molecular flexibility index (Phi) is 7.80. The minimum atomic E-state index is -0.0787. The highest BCUT2D eigenvalue weighted by molar-refractivity contribution is 5.95. The van der Waals surface area contributed by atoms with Gasteiger partial charge in [-0.05, 0) is 37.6 Å². The zero-order valence-corrected chi connectivity index (χ0v) is 20.4. The van der Waals surface area contributed by atoms with Gasteiger partial charge in [-0.3, -0.25) is 9.69 Å². The first-order chi connectivity index (χ1) is 16.5. The normalized spacial score (nSPS) is 18.4. The van der Waals surface area contributed by atoms with E-state index in [0.29, 0.717) is 30.2 Å². The number of amides is 1. The number of hydrogen-bond acceptors (Lipinski definition) is 7. The van der Waals surface area contributed by atoms with Gasteiger partial charge in [-0.15, -0.1) is 0 Å². The first-order valence-electron chi connectivity index (χ1n) is 11.8. The molecule has 8 heteroatoms. The first kappa shape index (κ1) is 24.2. The molecular formula is C26H34N2O6. The average Bonchev–Trinajstić information content (AvgIpc) is 3.35. The Labute approximate surface area is 201 Å². The summed E-state index contributed by atoms with van der Waals surface area (Å²) in [5.74, 6) is 2.84. The summed E-state index contributed by atoms with van der Waals surface area (Å²) in [6.07, 6.45) is 0.778. The van der Waals surface area contributed by atoms with Crippen LogP contribution >= 0.6 is 0 Å². The Bertz CT molecular complexity index is 997. The number of carbonyl (C=O) groups is 1. The Morgan fingerprint density at radius 3 is 2.74 bits per heavy atom. The Morgan fingerprint density at radius 2 is 1.97 bits per heavy atom. The van der Waals surface area contributed by atoms with Crippen LogP contribution in [-0.2, 0) is 11.3 Å². The summed E-state index contributed by atoms with van der Waals surface area (Å²) < 4.78 is 27.8. The van der Waals surface area contributed by atoms with E-state index in [1.54, 1.807) is 32.4 Å². The monoisotopic (exact) mass is 470 g/mol. The Balaban J connectivity index is 1.44. The molecule has 0 aliphatic carbocycles. The molecule has 0 radical (unpaired) electrons. The van der Waals surface area contributed by atoms with E-state index in [4.69, 9.17) is 23.7 Å². The fraction of sp³-hybridized carbons (Fsp3) is 0.500. The number of fused-ring (bicyclic) bond motifs is 1. The second-order valence-corrected chi connectivity index (χ2v) is 8.69. The minimum absolute atomic E-state index is 0.0230. The quantitative estimate of drug-likeness (QED) is 0.555. The van der Waals surface area contributed by atoms with E-state index >= 15 is 0 Å². The average molecular weight is 471 g/mol. The van der Waals surface area contributed by atoms with Crippen LogP contribution < -0.4 is 18.9 Å². The van der Waals surface area contributed by atoms with Gasteiger partial charge in [0.05, 0.1) is 26.9 Å². The molecule has 1 amide bonds. The summed E-state index contributed by atoms with van der Waals surface area (Å²) in [4.78, 5) is 17.7. The maximum absolute atomic E-state index is 13.5. The fourth-order valence-electron chi connectivity index (χ4n) is 4.36. The number of morpholine rings is 1. The maximum Gasteiger partial charge on any atom is 0.254 e. The third kappa shape index (κ3) is 5.39. The highest BCUT2D eigenvalue weighted by atomic mass is 16.7. The van der Waals surface area contributed by atoms with Crippen molar-refractivity contribution in [1.29, 1.82) is 0 Å². The number of benzene rings is 2. The van der Waals surface area contributed by atoms with Crippen molar-refractivity contribution < 1.29 is 28.5 Å². The summed E-state index contributed by atoms with van der Waals surface area (Å²) in [7, 11) is 3.32. The van der Waals surface area contributed by atoms with Gasteiger partial charge in [0, 0.05) is 49.4 Å². The van der Waals surface area contributed by atoms with Crippen molar-refractivity contribution in [3.8, 4) is 23.0 Å². The lowest BCUT2D eigenvalue weighted by molar-refractivity contribution is -0.0466. The molecule has 2 unspecified atom stereocenters. The molecule has 8 nitrogen and oxygen atoms in total. The van der Waals surface area contributed by atoms with Crippen LogP contribution in [0.5, 0.6) is 23.0 Å². The van der Waals surface area contributed by atoms with Crippen molar-refractivity contribution in [2.45, 2.75) is 39.0 Å². The smallest absolute Gasteiger partial charge is 0.254 e. The third-order valence-corrected chi connectivity index (χ3v) is 6.51. The summed E-state index contributed by atoms with van der Waals surface area (Å²) in [5.41, 5.74) is 1.69. The van der Waals surface area contributed by atoms with Crippen molar-refractivity contribution in [3.63, 3.8) is 0 Å². The van der Waals surface area contributed by atoms with Crippen LogP contribution in [0.1, 0.15) is 36.2 Å². The largest absolute Gasteiger partial charge is 0.497 e. The van der Waals surface area contributed by atoms with Crippen LogP contribution in [0.15, 0.2) is 36.4 Å². The standard InChI is InChI=1S/C26H34N2O6/c1-5-18(2)28(26(29)19-7-9-23-25(12-19)34-17-33-23)16-22-15-27(10-11-32-22)14-20-6-8-21(30-3)13-24(20)31-4/h6-9,12-13,18,22H,5,10-11,14-17H2,1-4H3. The fourth-order valence-corrected chi connectivity index (χ4v) is 4.36. The molecule has 0 saturated carbocycles. The van der Waals surface area contributed by atoms with Gasteiger partial charge in [0.15, 0.2) is 11.5 Å². The second-order valence-electron chi connectivity index (χ2n) is 8.69. The van der Waals surface area contributed by atoms with Gasteiger partial charge in [0.25, 0.3) is 5.91 Å². The highest BCUT2D eigenvalue weighted by Crippen LogP contribution is 2.33. The number of carbonyl (C=O) groups excluding carboxylic acids is 1. The third-order valence-electron chi connectivity index (χ3n) is 6.51. The van der Waals surface area contributed by atoms with Crippen molar-refractivity contribution >= 4 is 5.91 Å². The molecule has 2 atom stereocenters. The van der Waals surface area contributed by atoms with Gasteiger partial charge in [0.1, 0.15) is 11.5 Å². The van der Waals surface area contributed by atoms with E-state index in [1.807, 2.05) is 23.1 Å². The van der Waals surface area contributed by atoms with Crippen LogP contribution in [-0.4, -0.2) is 75.1 Å². The minimum Gasteiger partial charge on any atom is -0.497 e. The van der Waals surface area contributed by atoms with E-state index in [0.717, 1.165) is 43.1 Å². The number of ether oxygens (including phenoxy) is 5. The summed E-state index contributed by atoms with van der Waals surface area (Å²) in [5, 5.41) is 0. The lowest BCUT2D eigenvalue weighted by atomic mass is 10.1. The molecule has 2 heterocycles. The van der Waals surface area contributed by atoms with E-state index < -0.39 is 0 Å². The first-order valence-corrected chi connectivity index (χ1v) is 11.8. The molecule has 2 aliphatic heterocycles. The van der Waals surface area contributed by atoms with Gasteiger partial charge < -0.3 is 28.6 Å². The molecule has 34 heavy (non-hydrogen) atoms. The molecular weight excluding hydrogens is 436 g/mol. The van der Waals surface area contributed by atoms with E-state index in [1.165, 1.54) is 0 Å². The molecule has 2 aliphatic rings. The van der Waals surface area contributed by atoms with Gasteiger partial charge >= 0.3 is 0 Å². The zero-order valence-electron chi connectivity index (χ0n) is 20.4. The molecule has 1 saturated heterocycles. The zero-order chi connectivity index (χ0) is 24.1. The van der Waals surface area contributed by atoms with Crippen LogP contribution in [0.3, 0.4) is 0 Å². The van der Waals surface area contributed by atoms with Gasteiger partial charge in [-0.1, -0.05) is 13.0 Å². The van der Waals surface area contributed by atoms with Crippen molar-refractivity contribution in [3.05, 3.63) is 47.5 Å². The van der Waals surface area contributed by atoms with Crippen molar-refractivity contribution in [1.82, 2.24) is 9.80 Å². The SMILES string of the molecule is CCC(C)N(CC1CN(Cc2ccc(OC)cc2OC)CCO1)C(=O)c1ccc2c(c1)OCO2. The summed E-state index contributed by atoms with van der Waals surface area (Å²) >= 11 is 0. The van der Waals surface area contributed by atoms with Gasteiger partial charge in [0.2, 0.25) is 6.79 Å². The highest BCUT2D eigenvalue weighted by Gasteiger charge is 2.29. The molecule has 0 N–H and O–H groups in total. The Morgan fingerprint density at radius 1 is 1.15 bits per heavy atom. The molecule has 0 spiro atoms. The second kappa shape index (κ2) is 11.0. The molecule has 2 aromatic rings. The lowest BCUT2D eigenvalue weighted by Gasteiger charge is -2.38. The summed E-state index contributed by atoms with van der Waals surface area (Å²) in [6, 6.07) is 11.3. The number of methoxy groups -OCH3 is 2. The van der Waals surface area contributed by atoms with E-state index in [9.17, 15) is 4.79 Å². The number of hydrogen-bond donors (Lipinski definition) is 0. The molecule has 2 aromatic carbocycles. The van der Waals surface area contributed by atoms with Gasteiger partial charge in [-0.25, -0.2) is 0 Å². The van der Waals surface area contributed by atoms with Crippen LogP contribution in [0.2, 0.25) is 0 Å². The van der Waals surface area contributed by atoms with Gasteiger partial charge in [-0.2, -0.15) is 0 Å². The number of rotatable bonds is 9. The van der Waals surface area contributed by atoms with Crippen LogP contribution in [0, 0.1) is 0 Å². The van der Waals surface area contributed by atoms with Crippen molar-refractivity contribution in [2.75, 3.05) is 47.3 Å². The topological polar surface area (TPSA) is 69.7 Å². The number of nitrogens with zero attached hydrogens (tertiary/aromatic N) is 2. The predicted molar refractivity (Wildman–Crippen MR) is 128 cm³/mol. The Hall–Kier alpha value is -2.97. The molecule has 184 valence electrons. The van der Waals surface area contributed by atoms with E-state index in [2.05, 4.69) is 18.7 Å². The molecule has 4 rings (SSSR count). The van der Waals surface area contributed by atoms with E-state index in [-0.39, 0.29) is 24.8 Å². The predicted octanol–water partition coefficient (Wildman–Crippen LogP) is 3.57. The van der Waals surface area contributed by atoms with Crippen LogP contribution in [0.25, 0.3) is 0 Å². The molecule has 0 bridgehead atoms. The maximum atomic E-state index is 13.5. The lowest BCUT2D eigenvalue weighted by Crippen LogP contribution is -2.50. The molecule has 0 aromatic heterocycles. The molecule has 1 fully saturated rings.